The highest BCUT2D eigenvalue weighted by molar-refractivity contribution is 7.47. The highest BCUT2D eigenvalue weighted by Gasteiger charge is 2.30. The van der Waals surface area contributed by atoms with Gasteiger partial charge in [0.25, 0.3) is 0 Å². The van der Waals surface area contributed by atoms with Gasteiger partial charge in [-0.1, -0.05) is 240 Å². The fourth-order valence-electron chi connectivity index (χ4n) is 9.08. The van der Waals surface area contributed by atoms with Gasteiger partial charge in [0.15, 0.2) is 12.2 Å². The van der Waals surface area contributed by atoms with E-state index in [1.165, 1.54) is 77.0 Å². The first-order valence-electron chi connectivity index (χ1n) is 33.2. The van der Waals surface area contributed by atoms with Crippen LogP contribution in [0.25, 0.3) is 0 Å². The molecule has 0 bridgehead atoms. The Balaban J connectivity index is 5.25. The summed E-state index contributed by atoms with van der Waals surface area (Å²) in [6.07, 6.45) is 40.1. The number of unbranched alkanes of at least 4 members (excludes halogenated alkanes) is 25. The third kappa shape index (κ3) is 57.3. The number of hydrogen-bond acceptors (Lipinski definition) is 15. The van der Waals surface area contributed by atoms with E-state index < -0.39 is 97.5 Å². The lowest BCUT2D eigenvalue weighted by Gasteiger charge is -2.21. The summed E-state index contributed by atoms with van der Waals surface area (Å²) in [6, 6.07) is 0. The molecule has 494 valence electrons. The van der Waals surface area contributed by atoms with Crippen LogP contribution >= 0.6 is 15.6 Å². The molecule has 4 unspecified atom stereocenters. The molecule has 0 radical (unpaired) electrons. The van der Waals surface area contributed by atoms with Crippen LogP contribution in [0.2, 0.25) is 0 Å². The number of carbonyl (C=O) groups is 4. The second-order valence-electron chi connectivity index (χ2n) is 24.0. The van der Waals surface area contributed by atoms with Gasteiger partial charge in [0.05, 0.1) is 26.4 Å². The van der Waals surface area contributed by atoms with E-state index in [-0.39, 0.29) is 25.7 Å². The third-order valence-corrected chi connectivity index (χ3v) is 16.5. The highest BCUT2D eigenvalue weighted by atomic mass is 31.2. The van der Waals surface area contributed by atoms with Gasteiger partial charge in [-0.15, -0.1) is 0 Å². The number of ether oxygens (including phenoxy) is 4. The van der Waals surface area contributed by atoms with Gasteiger partial charge in [-0.25, -0.2) is 9.13 Å². The minimum Gasteiger partial charge on any atom is -0.462 e. The molecular weight excluding hydrogens is 1110 g/mol. The van der Waals surface area contributed by atoms with Crippen LogP contribution in [0.5, 0.6) is 0 Å². The van der Waals surface area contributed by atoms with E-state index in [9.17, 15) is 43.2 Å². The minimum absolute atomic E-state index is 0.0954. The molecule has 19 heteroatoms. The van der Waals surface area contributed by atoms with Gasteiger partial charge in [-0.2, -0.15) is 0 Å². The van der Waals surface area contributed by atoms with E-state index in [0.717, 1.165) is 121 Å². The Morgan fingerprint density at radius 2 is 0.702 bits per heavy atom. The molecule has 0 fully saturated rings. The highest BCUT2D eigenvalue weighted by Crippen LogP contribution is 2.45. The zero-order valence-corrected chi connectivity index (χ0v) is 55.6. The Morgan fingerprint density at radius 1 is 0.393 bits per heavy atom. The largest absolute Gasteiger partial charge is 0.472 e. The van der Waals surface area contributed by atoms with E-state index in [1.54, 1.807) is 0 Å². The lowest BCUT2D eigenvalue weighted by atomic mass is 10.00. The second-order valence-corrected chi connectivity index (χ2v) is 26.9. The number of carbonyl (C=O) groups excluding carboxylic acids is 4. The van der Waals surface area contributed by atoms with Crippen LogP contribution < -0.4 is 0 Å². The molecule has 0 aliphatic rings. The van der Waals surface area contributed by atoms with Gasteiger partial charge in [-0.3, -0.25) is 37.3 Å². The van der Waals surface area contributed by atoms with Crippen molar-refractivity contribution in [2.75, 3.05) is 39.6 Å². The molecule has 0 aliphatic heterocycles. The summed E-state index contributed by atoms with van der Waals surface area (Å²) in [5, 5.41) is 10.5. The molecule has 0 aromatic carbocycles. The molecule has 0 aromatic heterocycles. The molecule has 6 atom stereocenters. The predicted octanol–water partition coefficient (Wildman–Crippen LogP) is 17.4. The van der Waals surface area contributed by atoms with Crippen molar-refractivity contribution in [3.8, 4) is 0 Å². The van der Waals surface area contributed by atoms with Gasteiger partial charge >= 0.3 is 39.5 Å². The second kappa shape index (κ2) is 55.8. The van der Waals surface area contributed by atoms with E-state index in [0.29, 0.717) is 37.5 Å². The quantitative estimate of drug-likeness (QED) is 0.0169. The number of allylic oxidation sites excluding steroid dienone is 4. The van der Waals surface area contributed by atoms with Crippen LogP contribution in [0.4, 0.5) is 0 Å². The number of phosphoric acid groups is 2. The van der Waals surface area contributed by atoms with Crippen molar-refractivity contribution in [2.45, 2.75) is 311 Å². The van der Waals surface area contributed by atoms with Crippen LogP contribution in [0.15, 0.2) is 24.3 Å². The normalized spacial score (nSPS) is 14.9. The number of rotatable bonds is 61. The third-order valence-electron chi connectivity index (χ3n) is 14.6. The molecule has 84 heavy (non-hydrogen) atoms. The van der Waals surface area contributed by atoms with E-state index in [4.69, 9.17) is 37.0 Å². The van der Waals surface area contributed by atoms with Crippen LogP contribution in [0.3, 0.4) is 0 Å². The molecular formula is C65H122O17P2. The molecule has 0 saturated carbocycles. The SMILES string of the molecule is CCCCCC/C=C\C=C/CCCCCCCC(=O)OC[C@H](COP(=O)(O)OCC(O)COP(=O)(O)OC[C@@H](COC(=O)CCCCCCCCCC(C)C)OC(=O)CCCCCCCCC(C)C)OC(=O)CCCCCCCCC(C)CC. The van der Waals surface area contributed by atoms with Crippen molar-refractivity contribution in [1.29, 1.82) is 0 Å². The standard InChI is InChI=1S/C65H122O17P2/c1-8-10-11-12-13-14-15-16-17-18-19-20-23-32-39-46-62(67)75-52-61(82-65(70)49-42-35-28-26-31-38-45-58(7)9-2)55-80-84(73,74)78-51-59(66)50-77-83(71,72)79-54-60(81-64(69)48-41-34-27-25-30-37-44-57(5)6)53-76-63(68)47-40-33-24-21-22-29-36-43-56(3)4/h14-17,56-61,66H,8-13,18-55H2,1-7H3,(H,71,72)(H,73,74)/b15-14-,17-16-/t58?,59?,60-,61-/m1/s1. The summed E-state index contributed by atoms with van der Waals surface area (Å²) < 4.78 is 67.9. The van der Waals surface area contributed by atoms with Crippen LogP contribution in [0.1, 0.15) is 292 Å². The molecule has 17 nitrogen and oxygen atoms in total. The summed E-state index contributed by atoms with van der Waals surface area (Å²) in [7, 11) is -9.90. The number of phosphoric ester groups is 2. The molecule has 0 saturated heterocycles. The molecule has 0 aromatic rings. The van der Waals surface area contributed by atoms with Crippen molar-refractivity contribution >= 4 is 39.5 Å². The maximum Gasteiger partial charge on any atom is 0.472 e. The minimum atomic E-state index is -4.95. The van der Waals surface area contributed by atoms with Crippen molar-refractivity contribution in [2.24, 2.45) is 17.8 Å². The molecule has 0 rings (SSSR count). The summed E-state index contributed by atoms with van der Waals surface area (Å²) in [4.78, 5) is 72.2. The summed E-state index contributed by atoms with van der Waals surface area (Å²) in [5.74, 6) is -0.0852. The maximum absolute atomic E-state index is 13.0. The van der Waals surface area contributed by atoms with Gasteiger partial charge < -0.3 is 33.8 Å². The lowest BCUT2D eigenvalue weighted by Crippen LogP contribution is -2.30. The van der Waals surface area contributed by atoms with Crippen LogP contribution in [-0.2, 0) is 65.4 Å². The summed E-state index contributed by atoms with van der Waals surface area (Å²) >= 11 is 0. The molecule has 0 aliphatic carbocycles. The first-order chi connectivity index (χ1) is 40.3. The Hall–Kier alpha value is -2.46. The Labute approximate surface area is 510 Å². The Kier molecular flexibility index (Phi) is 54.2. The van der Waals surface area contributed by atoms with Crippen molar-refractivity contribution in [3.05, 3.63) is 24.3 Å². The van der Waals surface area contributed by atoms with Gasteiger partial charge in [0.1, 0.15) is 19.3 Å². The average Bonchev–Trinajstić information content (AvgIpc) is 3.55. The monoisotopic (exact) mass is 1240 g/mol. The van der Waals surface area contributed by atoms with E-state index in [2.05, 4.69) is 72.8 Å². The average molecular weight is 1240 g/mol. The van der Waals surface area contributed by atoms with Gasteiger partial charge in [0, 0.05) is 25.7 Å². The Bertz CT molecular complexity index is 1760. The molecule has 0 amide bonds. The smallest absolute Gasteiger partial charge is 0.462 e. The van der Waals surface area contributed by atoms with Crippen molar-refractivity contribution in [3.63, 3.8) is 0 Å². The van der Waals surface area contributed by atoms with Gasteiger partial charge in [-0.05, 0) is 69.1 Å². The number of aliphatic hydroxyl groups excluding tert-OH is 1. The Morgan fingerprint density at radius 3 is 1.06 bits per heavy atom. The maximum atomic E-state index is 13.0. The lowest BCUT2D eigenvalue weighted by molar-refractivity contribution is -0.161. The van der Waals surface area contributed by atoms with Crippen molar-refractivity contribution < 1.29 is 80.2 Å². The zero-order valence-electron chi connectivity index (χ0n) is 53.8. The van der Waals surface area contributed by atoms with E-state index >= 15 is 0 Å². The molecule has 3 N–H and O–H groups in total. The number of esters is 4. The van der Waals surface area contributed by atoms with Gasteiger partial charge in [0.2, 0.25) is 0 Å². The molecule has 0 spiro atoms. The van der Waals surface area contributed by atoms with Crippen molar-refractivity contribution in [1.82, 2.24) is 0 Å². The number of aliphatic hydroxyl groups is 1. The van der Waals surface area contributed by atoms with E-state index in [1.807, 2.05) is 0 Å². The fourth-order valence-corrected chi connectivity index (χ4v) is 10.7. The first kappa shape index (κ1) is 81.5. The summed E-state index contributed by atoms with van der Waals surface area (Å²) in [5.41, 5.74) is 0. The van der Waals surface area contributed by atoms with Crippen LogP contribution in [0, 0.1) is 17.8 Å². The predicted molar refractivity (Wildman–Crippen MR) is 335 cm³/mol. The first-order valence-corrected chi connectivity index (χ1v) is 36.2. The topological polar surface area (TPSA) is 237 Å². The number of hydrogen-bond donors (Lipinski definition) is 3. The van der Waals surface area contributed by atoms with Crippen LogP contribution in [-0.4, -0.2) is 96.7 Å². The summed E-state index contributed by atoms with van der Waals surface area (Å²) in [6.45, 7) is 11.5. The zero-order chi connectivity index (χ0) is 62.4. The molecule has 0 heterocycles. The fraction of sp³-hybridized carbons (Fsp3) is 0.877.